The summed E-state index contributed by atoms with van der Waals surface area (Å²) < 4.78 is 12.8. The van der Waals surface area contributed by atoms with Gasteiger partial charge in [-0.1, -0.05) is 24.3 Å². The van der Waals surface area contributed by atoms with E-state index in [0.29, 0.717) is 26.1 Å². The van der Waals surface area contributed by atoms with Crippen molar-refractivity contribution in [1.29, 1.82) is 0 Å². The van der Waals surface area contributed by atoms with E-state index < -0.39 is 0 Å². The summed E-state index contributed by atoms with van der Waals surface area (Å²) in [6, 6.07) is 10.2. The number of nitrogens with zero attached hydrogens (tertiary/aromatic N) is 1. The zero-order valence-electron chi connectivity index (χ0n) is 12.3. The lowest BCUT2D eigenvalue weighted by molar-refractivity contribution is 0.201. The average molecular weight is 318 g/mol. The first-order chi connectivity index (χ1) is 10.7. The zero-order chi connectivity index (χ0) is 15.8. The van der Waals surface area contributed by atoms with Gasteiger partial charge >= 0.3 is 6.03 Å². The molecular weight excluding hydrogens is 299 g/mol. The van der Waals surface area contributed by atoms with Crippen LogP contribution < -0.4 is 5.32 Å². The zero-order valence-corrected chi connectivity index (χ0v) is 13.1. The fourth-order valence-corrected chi connectivity index (χ4v) is 2.76. The molecule has 0 bridgehead atoms. The molecule has 2 amide bonds. The molecule has 0 atom stereocenters. The van der Waals surface area contributed by atoms with Crippen molar-refractivity contribution < 1.29 is 9.18 Å². The van der Waals surface area contributed by atoms with Crippen molar-refractivity contribution in [3.05, 3.63) is 70.7 Å². The topological polar surface area (TPSA) is 32.3 Å². The molecule has 0 aliphatic rings. The molecule has 0 spiro atoms. The molecule has 1 heterocycles. The Kier molecular flexibility index (Phi) is 6.15. The lowest BCUT2D eigenvalue weighted by Crippen LogP contribution is -2.40. The van der Waals surface area contributed by atoms with Gasteiger partial charge in [0.2, 0.25) is 0 Å². The van der Waals surface area contributed by atoms with E-state index in [0.717, 1.165) is 10.4 Å². The van der Waals surface area contributed by atoms with Crippen LogP contribution in [0.3, 0.4) is 0 Å². The summed E-state index contributed by atoms with van der Waals surface area (Å²) >= 11 is 1.63. The Balaban J connectivity index is 1.82. The van der Waals surface area contributed by atoms with Gasteiger partial charge in [-0.05, 0) is 35.6 Å². The minimum Gasteiger partial charge on any atom is -0.338 e. The van der Waals surface area contributed by atoms with Crippen molar-refractivity contribution in [1.82, 2.24) is 10.2 Å². The van der Waals surface area contributed by atoms with E-state index in [4.69, 9.17) is 0 Å². The first-order valence-corrected chi connectivity index (χ1v) is 7.97. The van der Waals surface area contributed by atoms with Crippen LogP contribution in [0.2, 0.25) is 0 Å². The van der Waals surface area contributed by atoms with Crippen LogP contribution in [0.15, 0.2) is 54.4 Å². The monoisotopic (exact) mass is 318 g/mol. The van der Waals surface area contributed by atoms with Crippen molar-refractivity contribution in [3.8, 4) is 0 Å². The fraction of sp³-hybridized carbons (Fsp3) is 0.235. The molecule has 0 aliphatic carbocycles. The Morgan fingerprint density at radius 2 is 2.09 bits per heavy atom. The number of amides is 2. The predicted octanol–water partition coefficient (Wildman–Crippen LogP) is 3.83. The second-order valence-corrected chi connectivity index (χ2v) is 5.89. The second-order valence-electron chi connectivity index (χ2n) is 4.86. The van der Waals surface area contributed by atoms with Crippen LogP contribution in [-0.4, -0.2) is 24.0 Å². The number of halogens is 1. The SMILES string of the molecule is C=CCN(Cc1cccs1)C(=O)NCCc1ccc(F)cc1. The maximum Gasteiger partial charge on any atom is 0.318 e. The highest BCUT2D eigenvalue weighted by Crippen LogP contribution is 2.12. The largest absolute Gasteiger partial charge is 0.338 e. The van der Waals surface area contributed by atoms with Gasteiger partial charge < -0.3 is 10.2 Å². The van der Waals surface area contributed by atoms with Crippen molar-refractivity contribution in [3.63, 3.8) is 0 Å². The summed E-state index contributed by atoms with van der Waals surface area (Å²) in [6.07, 6.45) is 2.39. The van der Waals surface area contributed by atoms with Gasteiger partial charge in [0.05, 0.1) is 6.54 Å². The third-order valence-electron chi connectivity index (χ3n) is 3.17. The minimum atomic E-state index is -0.249. The van der Waals surface area contributed by atoms with Crippen molar-refractivity contribution in [2.75, 3.05) is 13.1 Å². The number of nitrogens with one attached hydrogen (secondary N) is 1. The second kappa shape index (κ2) is 8.34. The summed E-state index contributed by atoms with van der Waals surface area (Å²) in [5.41, 5.74) is 0.996. The van der Waals surface area contributed by atoms with Crippen LogP contribution in [0.1, 0.15) is 10.4 Å². The normalized spacial score (nSPS) is 10.2. The molecule has 5 heteroatoms. The van der Waals surface area contributed by atoms with Gasteiger partial charge in [-0.15, -0.1) is 17.9 Å². The molecule has 0 unspecified atom stereocenters. The number of carbonyl (C=O) groups excluding carboxylic acids is 1. The van der Waals surface area contributed by atoms with Crippen molar-refractivity contribution >= 4 is 17.4 Å². The lowest BCUT2D eigenvalue weighted by Gasteiger charge is -2.21. The number of hydrogen-bond acceptors (Lipinski definition) is 2. The van der Waals surface area contributed by atoms with Crippen LogP contribution in [0.4, 0.5) is 9.18 Å². The van der Waals surface area contributed by atoms with Gasteiger partial charge in [0.15, 0.2) is 0 Å². The Morgan fingerprint density at radius 3 is 2.73 bits per heavy atom. The third kappa shape index (κ3) is 5.00. The molecule has 1 N–H and O–H groups in total. The summed E-state index contributed by atoms with van der Waals surface area (Å²) in [4.78, 5) is 15.1. The van der Waals surface area contributed by atoms with E-state index >= 15 is 0 Å². The van der Waals surface area contributed by atoms with Crippen LogP contribution in [0.25, 0.3) is 0 Å². The molecule has 116 valence electrons. The molecule has 0 fully saturated rings. The Bertz CT molecular complexity index is 596. The lowest BCUT2D eigenvalue weighted by atomic mass is 10.1. The maximum atomic E-state index is 12.8. The molecule has 3 nitrogen and oxygen atoms in total. The van der Waals surface area contributed by atoms with E-state index in [1.807, 2.05) is 17.5 Å². The maximum absolute atomic E-state index is 12.8. The summed E-state index contributed by atoms with van der Waals surface area (Å²) in [6.45, 7) is 5.29. The number of urea groups is 1. The van der Waals surface area contributed by atoms with E-state index in [-0.39, 0.29) is 11.8 Å². The molecule has 2 rings (SSSR count). The highest BCUT2D eigenvalue weighted by molar-refractivity contribution is 7.09. The van der Waals surface area contributed by atoms with Crippen molar-refractivity contribution in [2.45, 2.75) is 13.0 Å². The standard InChI is InChI=1S/C17H19FN2OS/c1-2-11-20(13-16-4-3-12-22-16)17(21)19-10-9-14-5-7-15(18)8-6-14/h2-8,12H,1,9-11,13H2,(H,19,21). The van der Waals surface area contributed by atoms with Gasteiger partial charge in [0.25, 0.3) is 0 Å². The number of hydrogen-bond donors (Lipinski definition) is 1. The van der Waals surface area contributed by atoms with E-state index in [2.05, 4.69) is 11.9 Å². The fourth-order valence-electron chi connectivity index (χ4n) is 2.04. The molecule has 1 aromatic carbocycles. The van der Waals surface area contributed by atoms with Gasteiger partial charge in [0.1, 0.15) is 5.82 Å². The molecule has 22 heavy (non-hydrogen) atoms. The number of benzene rings is 1. The molecular formula is C17H19FN2OS. The Hall–Kier alpha value is -2.14. The molecule has 0 saturated carbocycles. The Morgan fingerprint density at radius 1 is 1.32 bits per heavy atom. The van der Waals surface area contributed by atoms with Crippen LogP contribution in [0, 0.1) is 5.82 Å². The average Bonchev–Trinajstić information content (AvgIpc) is 3.02. The molecule has 0 radical (unpaired) electrons. The van der Waals surface area contributed by atoms with Gasteiger partial charge in [-0.2, -0.15) is 0 Å². The predicted molar refractivity (Wildman–Crippen MR) is 88.4 cm³/mol. The number of carbonyl (C=O) groups is 1. The third-order valence-corrected chi connectivity index (χ3v) is 4.03. The molecule has 1 aromatic heterocycles. The van der Waals surface area contributed by atoms with E-state index in [1.54, 1.807) is 34.4 Å². The minimum absolute atomic E-state index is 0.115. The molecule has 0 saturated heterocycles. The number of rotatable bonds is 7. The highest BCUT2D eigenvalue weighted by Gasteiger charge is 2.12. The van der Waals surface area contributed by atoms with E-state index in [1.165, 1.54) is 12.1 Å². The van der Waals surface area contributed by atoms with Gasteiger partial charge in [-0.3, -0.25) is 0 Å². The van der Waals surface area contributed by atoms with Crippen molar-refractivity contribution in [2.24, 2.45) is 0 Å². The van der Waals surface area contributed by atoms with Gasteiger partial charge in [0, 0.05) is 18.0 Å². The smallest absolute Gasteiger partial charge is 0.318 e. The molecule has 2 aromatic rings. The quantitative estimate of drug-likeness (QED) is 0.773. The summed E-state index contributed by atoms with van der Waals surface area (Å²) in [5, 5.41) is 4.89. The molecule has 0 aliphatic heterocycles. The highest BCUT2D eigenvalue weighted by atomic mass is 32.1. The summed E-state index contributed by atoms with van der Waals surface area (Å²) in [7, 11) is 0. The first kappa shape index (κ1) is 16.2. The van der Waals surface area contributed by atoms with Crippen LogP contribution >= 0.6 is 11.3 Å². The summed E-state index contributed by atoms with van der Waals surface area (Å²) in [5.74, 6) is -0.249. The van der Waals surface area contributed by atoms with Gasteiger partial charge in [-0.25, -0.2) is 9.18 Å². The van der Waals surface area contributed by atoms with Crippen LogP contribution in [-0.2, 0) is 13.0 Å². The first-order valence-electron chi connectivity index (χ1n) is 7.09. The number of thiophene rings is 1. The van der Waals surface area contributed by atoms with E-state index in [9.17, 15) is 9.18 Å². The Labute approximate surface area is 134 Å². The van der Waals surface area contributed by atoms with Crippen LogP contribution in [0.5, 0.6) is 0 Å².